The standard InChI is InChI=1S/C37H39N7O5S/c38-31-9-4-5-10-32(31)40-35(47)12-6-11-34(46)39-22-25-13-19-28(20-14-25)36-48-30(21-33(49-36)27-17-15-26(23-45)16-18-27)24-50-37-41-42-43-44(37)29-7-2-1-3-8-29/h1-5,7-10,13-20,30,33,36,45H,6,11-12,21-24,38H2,(H,39,46)(H,40,47)/t30-,33+,36+/m0/s1. The molecule has 5 N–H and O–H groups in total. The van der Waals surface area contributed by atoms with Crippen LogP contribution in [0.25, 0.3) is 5.69 Å². The lowest BCUT2D eigenvalue weighted by Crippen LogP contribution is -2.31. The third-order valence-electron chi connectivity index (χ3n) is 8.24. The highest BCUT2D eigenvalue weighted by Crippen LogP contribution is 2.39. The molecular weight excluding hydrogens is 655 g/mol. The van der Waals surface area contributed by atoms with Gasteiger partial charge in [-0.1, -0.05) is 90.6 Å². The molecule has 13 heteroatoms. The van der Waals surface area contributed by atoms with Crippen LogP contribution in [0.5, 0.6) is 0 Å². The van der Waals surface area contributed by atoms with Gasteiger partial charge in [0.1, 0.15) is 0 Å². The van der Waals surface area contributed by atoms with Crippen LogP contribution >= 0.6 is 11.8 Å². The summed E-state index contributed by atoms with van der Waals surface area (Å²) in [6.07, 6.45) is 0.468. The number of aliphatic hydroxyl groups is 1. The molecule has 1 fully saturated rings. The number of tetrazole rings is 1. The van der Waals surface area contributed by atoms with E-state index in [4.69, 9.17) is 15.2 Å². The van der Waals surface area contributed by atoms with Crippen molar-refractivity contribution >= 4 is 35.0 Å². The summed E-state index contributed by atoms with van der Waals surface area (Å²) < 4.78 is 14.7. The fourth-order valence-corrected chi connectivity index (χ4v) is 6.41. The molecule has 6 rings (SSSR count). The maximum atomic E-state index is 12.5. The molecule has 1 aliphatic rings. The highest BCUT2D eigenvalue weighted by Gasteiger charge is 2.32. The van der Waals surface area contributed by atoms with Crippen molar-refractivity contribution in [2.24, 2.45) is 0 Å². The zero-order valence-corrected chi connectivity index (χ0v) is 28.2. The Morgan fingerprint density at radius 3 is 2.32 bits per heavy atom. The minimum Gasteiger partial charge on any atom is -0.397 e. The molecule has 1 aromatic heterocycles. The Balaban J connectivity index is 1.04. The predicted octanol–water partition coefficient (Wildman–Crippen LogP) is 5.50. The maximum Gasteiger partial charge on any atom is 0.224 e. The van der Waals surface area contributed by atoms with Gasteiger partial charge in [0.25, 0.3) is 0 Å². The van der Waals surface area contributed by atoms with E-state index in [1.54, 1.807) is 28.9 Å². The number of ether oxygens (including phenoxy) is 2. The fraction of sp³-hybridized carbons (Fsp3) is 0.270. The van der Waals surface area contributed by atoms with E-state index >= 15 is 0 Å². The molecule has 0 aliphatic carbocycles. The summed E-state index contributed by atoms with van der Waals surface area (Å²) >= 11 is 1.52. The van der Waals surface area contributed by atoms with Gasteiger partial charge in [-0.25, -0.2) is 0 Å². The molecule has 258 valence electrons. The number of hydrogen-bond donors (Lipinski definition) is 4. The molecule has 5 aromatic rings. The largest absolute Gasteiger partial charge is 0.397 e. The topological polar surface area (TPSA) is 167 Å². The first-order valence-corrected chi connectivity index (χ1v) is 17.4. The number of nitrogens with two attached hydrogens (primary N) is 1. The van der Waals surface area contributed by atoms with Crippen LogP contribution in [0.1, 0.15) is 60.3 Å². The number of aromatic nitrogens is 4. The molecule has 3 atom stereocenters. The fourth-order valence-electron chi connectivity index (χ4n) is 5.51. The van der Waals surface area contributed by atoms with E-state index in [9.17, 15) is 14.7 Å². The van der Waals surface area contributed by atoms with Crippen molar-refractivity contribution in [3.63, 3.8) is 0 Å². The van der Waals surface area contributed by atoms with Crippen molar-refractivity contribution in [2.45, 2.75) is 62.5 Å². The minimum atomic E-state index is -0.622. The molecular formula is C37H39N7O5S. The first-order chi connectivity index (χ1) is 24.4. The number of anilines is 2. The number of amides is 2. The molecule has 2 amide bonds. The van der Waals surface area contributed by atoms with Crippen molar-refractivity contribution < 1.29 is 24.2 Å². The van der Waals surface area contributed by atoms with Gasteiger partial charge in [-0.2, -0.15) is 4.68 Å². The highest BCUT2D eigenvalue weighted by molar-refractivity contribution is 7.99. The third kappa shape index (κ3) is 9.33. The van der Waals surface area contributed by atoms with Crippen LogP contribution in [-0.2, 0) is 32.2 Å². The molecule has 0 bridgehead atoms. The molecule has 50 heavy (non-hydrogen) atoms. The summed E-state index contributed by atoms with van der Waals surface area (Å²) in [6, 6.07) is 32.3. The van der Waals surface area contributed by atoms with Crippen LogP contribution in [0.15, 0.2) is 108 Å². The number of carbonyl (C=O) groups is 2. The van der Waals surface area contributed by atoms with Crippen LogP contribution in [0.4, 0.5) is 11.4 Å². The van der Waals surface area contributed by atoms with E-state index in [1.165, 1.54) is 11.8 Å². The number of para-hydroxylation sites is 3. The van der Waals surface area contributed by atoms with Crippen molar-refractivity contribution in [1.29, 1.82) is 0 Å². The second-order valence-corrected chi connectivity index (χ2v) is 12.9. The maximum absolute atomic E-state index is 12.5. The third-order valence-corrected chi connectivity index (χ3v) is 9.29. The van der Waals surface area contributed by atoms with Crippen molar-refractivity contribution in [1.82, 2.24) is 25.5 Å². The summed E-state index contributed by atoms with van der Waals surface area (Å²) in [6.45, 7) is 0.328. The average molecular weight is 694 g/mol. The Bertz CT molecular complexity index is 1850. The highest BCUT2D eigenvalue weighted by atomic mass is 32.2. The van der Waals surface area contributed by atoms with Gasteiger partial charge in [-0.05, 0) is 57.8 Å². The molecule has 2 heterocycles. The summed E-state index contributed by atoms with van der Waals surface area (Å²) in [4.78, 5) is 24.7. The van der Waals surface area contributed by atoms with Crippen molar-refractivity contribution in [2.75, 3.05) is 16.8 Å². The Morgan fingerprint density at radius 1 is 0.860 bits per heavy atom. The Kier molecular flexibility index (Phi) is 11.8. The molecule has 0 spiro atoms. The van der Waals surface area contributed by atoms with E-state index in [0.29, 0.717) is 41.7 Å². The van der Waals surface area contributed by atoms with Crippen LogP contribution in [0.3, 0.4) is 0 Å². The summed E-state index contributed by atoms with van der Waals surface area (Å²) in [7, 11) is 0. The number of nitrogen functional groups attached to an aromatic ring is 1. The number of carbonyl (C=O) groups excluding carboxylic acids is 2. The summed E-state index contributed by atoms with van der Waals surface area (Å²) in [5.41, 5.74) is 11.4. The first kappa shape index (κ1) is 34.8. The van der Waals surface area contributed by atoms with Gasteiger partial charge in [0, 0.05) is 37.1 Å². The van der Waals surface area contributed by atoms with Crippen LogP contribution < -0.4 is 16.4 Å². The van der Waals surface area contributed by atoms with Gasteiger partial charge in [0.05, 0.1) is 35.9 Å². The summed E-state index contributed by atoms with van der Waals surface area (Å²) in [5.74, 6) is 0.287. The second-order valence-electron chi connectivity index (χ2n) is 11.9. The van der Waals surface area contributed by atoms with Crippen LogP contribution in [0, 0.1) is 0 Å². The van der Waals surface area contributed by atoms with Gasteiger partial charge in [-0.3, -0.25) is 9.59 Å². The second kappa shape index (κ2) is 17.0. The van der Waals surface area contributed by atoms with Gasteiger partial charge in [0.15, 0.2) is 6.29 Å². The number of hydrogen-bond acceptors (Lipinski definition) is 10. The Hall–Kier alpha value is -5.08. The van der Waals surface area contributed by atoms with Gasteiger partial charge < -0.3 is 30.9 Å². The van der Waals surface area contributed by atoms with Gasteiger partial charge in [0.2, 0.25) is 17.0 Å². The molecule has 12 nitrogen and oxygen atoms in total. The number of nitrogens with zero attached hydrogens (tertiary/aromatic N) is 4. The smallest absolute Gasteiger partial charge is 0.224 e. The van der Waals surface area contributed by atoms with Crippen molar-refractivity contribution in [3.05, 3.63) is 125 Å². The van der Waals surface area contributed by atoms with E-state index in [1.807, 2.05) is 78.9 Å². The molecule has 1 aliphatic heterocycles. The SMILES string of the molecule is Nc1ccccc1NC(=O)CCCC(=O)NCc1ccc([C@@H]2O[C@H](CSc3nnnn3-c3ccccc3)C[C@H](c3ccc(CO)cc3)O2)cc1. The lowest BCUT2D eigenvalue weighted by atomic mass is 10.0. The van der Waals surface area contributed by atoms with E-state index in [-0.39, 0.29) is 43.5 Å². The number of rotatable bonds is 14. The monoisotopic (exact) mass is 693 g/mol. The Labute approximate surface area is 294 Å². The Morgan fingerprint density at radius 2 is 1.56 bits per heavy atom. The lowest BCUT2D eigenvalue weighted by Gasteiger charge is -2.36. The molecule has 1 saturated heterocycles. The minimum absolute atomic E-state index is 0.0262. The zero-order chi connectivity index (χ0) is 34.7. The predicted molar refractivity (Wildman–Crippen MR) is 190 cm³/mol. The van der Waals surface area contributed by atoms with Gasteiger partial charge >= 0.3 is 0 Å². The number of nitrogens with one attached hydrogen (secondary N) is 2. The lowest BCUT2D eigenvalue weighted by molar-refractivity contribution is -0.245. The molecule has 4 aromatic carbocycles. The zero-order valence-electron chi connectivity index (χ0n) is 27.4. The first-order valence-electron chi connectivity index (χ1n) is 16.4. The average Bonchev–Trinajstić information content (AvgIpc) is 3.63. The van der Waals surface area contributed by atoms with E-state index < -0.39 is 6.29 Å². The quantitative estimate of drug-likeness (QED) is 0.0862. The van der Waals surface area contributed by atoms with Gasteiger partial charge in [-0.15, -0.1) is 5.10 Å². The number of aliphatic hydroxyl groups excluding tert-OH is 1. The van der Waals surface area contributed by atoms with Crippen molar-refractivity contribution in [3.8, 4) is 5.69 Å². The number of benzene rings is 4. The molecule has 0 saturated carbocycles. The molecule has 0 radical (unpaired) electrons. The van der Waals surface area contributed by atoms with Crippen LogP contribution in [0.2, 0.25) is 0 Å². The van der Waals surface area contributed by atoms with E-state index in [2.05, 4.69) is 26.2 Å². The summed E-state index contributed by atoms with van der Waals surface area (Å²) in [5, 5.41) is 28.2. The van der Waals surface area contributed by atoms with E-state index in [0.717, 1.165) is 27.9 Å². The molecule has 0 unspecified atom stereocenters. The van der Waals surface area contributed by atoms with Crippen LogP contribution in [-0.4, -0.2) is 49.0 Å². The normalized spacial score (nSPS) is 17.3. The number of thioether (sulfide) groups is 1.